The summed E-state index contributed by atoms with van der Waals surface area (Å²) >= 11 is 0. The Morgan fingerprint density at radius 2 is 2.20 bits per heavy atom. The van der Waals surface area contributed by atoms with Crippen molar-refractivity contribution in [2.45, 2.75) is 6.54 Å². The second-order valence-electron chi connectivity index (χ2n) is 3.96. The minimum atomic E-state index is -0.412. The molecule has 1 aromatic heterocycles. The van der Waals surface area contributed by atoms with Crippen LogP contribution in [0.5, 0.6) is 5.75 Å². The van der Waals surface area contributed by atoms with E-state index < -0.39 is 5.97 Å². The zero-order valence-electron chi connectivity index (χ0n) is 11.5. The van der Waals surface area contributed by atoms with Crippen molar-refractivity contribution in [1.29, 1.82) is 0 Å². The number of ether oxygens (including phenoxy) is 2. The van der Waals surface area contributed by atoms with Crippen molar-refractivity contribution >= 4 is 11.7 Å². The van der Waals surface area contributed by atoms with Crippen LogP contribution in [0.1, 0.15) is 16.2 Å². The topological polar surface area (TPSA) is 91.2 Å². The first-order valence-corrected chi connectivity index (χ1v) is 5.87. The number of methoxy groups -OCH3 is 2. The van der Waals surface area contributed by atoms with Gasteiger partial charge >= 0.3 is 5.97 Å². The van der Waals surface area contributed by atoms with Gasteiger partial charge in [0.15, 0.2) is 5.82 Å². The Morgan fingerprint density at radius 1 is 1.40 bits per heavy atom. The van der Waals surface area contributed by atoms with Gasteiger partial charge in [-0.15, -0.1) is 10.2 Å². The fourth-order valence-corrected chi connectivity index (χ4v) is 1.65. The van der Waals surface area contributed by atoms with E-state index in [0.29, 0.717) is 23.7 Å². The Kier molecular flexibility index (Phi) is 4.14. The zero-order chi connectivity index (χ0) is 14.5. The molecule has 2 rings (SSSR count). The van der Waals surface area contributed by atoms with Crippen LogP contribution in [-0.2, 0) is 18.3 Å². The molecule has 106 valence electrons. The lowest BCUT2D eigenvalue weighted by Crippen LogP contribution is -2.06. The lowest BCUT2D eigenvalue weighted by Gasteiger charge is -2.11. The molecular weight excluding hydrogens is 262 g/mol. The van der Waals surface area contributed by atoms with Crippen molar-refractivity contribution in [1.82, 2.24) is 20.2 Å². The van der Waals surface area contributed by atoms with Crippen LogP contribution in [0.25, 0.3) is 0 Å². The third-order valence-corrected chi connectivity index (χ3v) is 2.61. The molecule has 0 fully saturated rings. The summed E-state index contributed by atoms with van der Waals surface area (Å²) in [4.78, 5) is 12.8. The highest BCUT2D eigenvalue weighted by Gasteiger charge is 2.11. The van der Waals surface area contributed by atoms with Gasteiger partial charge in [-0.1, -0.05) is 0 Å². The second-order valence-corrected chi connectivity index (χ2v) is 3.96. The van der Waals surface area contributed by atoms with E-state index in [1.807, 2.05) is 0 Å². The molecule has 0 aliphatic rings. The van der Waals surface area contributed by atoms with Gasteiger partial charge in [-0.3, -0.25) is 0 Å². The van der Waals surface area contributed by atoms with Crippen molar-refractivity contribution in [2.24, 2.45) is 7.05 Å². The van der Waals surface area contributed by atoms with Crippen LogP contribution < -0.4 is 10.1 Å². The molecule has 1 aromatic carbocycles. The number of rotatable bonds is 5. The Morgan fingerprint density at radius 3 is 2.80 bits per heavy atom. The summed E-state index contributed by atoms with van der Waals surface area (Å²) < 4.78 is 9.90. The van der Waals surface area contributed by atoms with E-state index in [4.69, 9.17) is 4.74 Å². The third kappa shape index (κ3) is 3.02. The van der Waals surface area contributed by atoms with E-state index in [-0.39, 0.29) is 0 Å². The number of aryl methyl sites for hydroxylation is 1. The number of carbonyl (C=O) groups is 1. The van der Waals surface area contributed by atoms with Crippen LogP contribution in [-0.4, -0.2) is 40.4 Å². The highest BCUT2D eigenvalue weighted by molar-refractivity contribution is 5.90. The molecule has 8 nitrogen and oxygen atoms in total. The van der Waals surface area contributed by atoms with E-state index in [1.165, 1.54) is 19.0 Å². The first kappa shape index (κ1) is 13.8. The largest absolute Gasteiger partial charge is 0.495 e. The fraction of sp³-hybridized carbons (Fsp3) is 0.333. The summed E-state index contributed by atoms with van der Waals surface area (Å²) in [6.45, 7) is 0.405. The van der Waals surface area contributed by atoms with Gasteiger partial charge in [0, 0.05) is 0 Å². The number of nitrogens with one attached hydrogen (secondary N) is 1. The number of aromatic nitrogens is 4. The average Bonchev–Trinajstić information content (AvgIpc) is 2.89. The fourth-order valence-electron chi connectivity index (χ4n) is 1.65. The van der Waals surface area contributed by atoms with Gasteiger partial charge in [-0.05, 0) is 23.4 Å². The smallest absolute Gasteiger partial charge is 0.337 e. The number of carbonyl (C=O) groups excluding carboxylic acids is 1. The van der Waals surface area contributed by atoms with Gasteiger partial charge in [-0.2, -0.15) is 4.80 Å². The highest BCUT2D eigenvalue weighted by atomic mass is 16.5. The van der Waals surface area contributed by atoms with Gasteiger partial charge in [0.25, 0.3) is 0 Å². The first-order valence-electron chi connectivity index (χ1n) is 5.87. The van der Waals surface area contributed by atoms with Crippen molar-refractivity contribution in [3.8, 4) is 5.75 Å². The van der Waals surface area contributed by atoms with Crippen LogP contribution in [0.2, 0.25) is 0 Å². The maximum absolute atomic E-state index is 11.4. The number of nitrogens with zero attached hydrogens (tertiary/aromatic N) is 4. The molecule has 8 heteroatoms. The predicted octanol–water partition coefficient (Wildman–Crippen LogP) is 0.617. The quantitative estimate of drug-likeness (QED) is 0.801. The molecule has 0 atom stereocenters. The number of esters is 1. The highest BCUT2D eigenvalue weighted by Crippen LogP contribution is 2.26. The zero-order valence-corrected chi connectivity index (χ0v) is 11.5. The molecular formula is C12H15N5O3. The van der Waals surface area contributed by atoms with E-state index >= 15 is 0 Å². The number of tetrazole rings is 1. The maximum atomic E-state index is 11.4. The Balaban J connectivity index is 2.13. The molecule has 0 saturated heterocycles. The molecule has 0 bridgehead atoms. The third-order valence-electron chi connectivity index (χ3n) is 2.61. The van der Waals surface area contributed by atoms with Crippen LogP contribution in [0.15, 0.2) is 18.2 Å². The average molecular weight is 277 g/mol. The first-order chi connectivity index (χ1) is 9.63. The summed E-state index contributed by atoms with van der Waals surface area (Å²) in [5, 5.41) is 14.8. The summed E-state index contributed by atoms with van der Waals surface area (Å²) in [5.41, 5.74) is 1.15. The molecule has 0 aliphatic carbocycles. The van der Waals surface area contributed by atoms with Crippen LogP contribution in [0.3, 0.4) is 0 Å². The second kappa shape index (κ2) is 6.00. The molecule has 0 saturated carbocycles. The van der Waals surface area contributed by atoms with Gasteiger partial charge < -0.3 is 14.8 Å². The van der Waals surface area contributed by atoms with Gasteiger partial charge in [-0.25, -0.2) is 4.79 Å². The lowest BCUT2D eigenvalue weighted by molar-refractivity contribution is 0.0600. The van der Waals surface area contributed by atoms with E-state index in [9.17, 15) is 4.79 Å². The summed E-state index contributed by atoms with van der Waals surface area (Å²) in [7, 11) is 4.56. The molecule has 1 N–H and O–H groups in total. The monoisotopic (exact) mass is 277 g/mol. The normalized spacial score (nSPS) is 10.2. The van der Waals surface area contributed by atoms with Gasteiger partial charge in [0.05, 0.1) is 39.1 Å². The standard InChI is InChI=1S/C12H15N5O3/c1-17-15-11(14-16-17)7-13-9-5-4-8(12(18)20-3)6-10(9)19-2/h4-6,13H,7H2,1-3H3. The molecule has 20 heavy (non-hydrogen) atoms. The summed E-state index contributed by atoms with van der Waals surface area (Å²) in [6, 6.07) is 5.00. The van der Waals surface area contributed by atoms with E-state index in [0.717, 1.165) is 5.69 Å². The van der Waals surface area contributed by atoms with Gasteiger partial charge in [0.1, 0.15) is 5.75 Å². The maximum Gasteiger partial charge on any atom is 0.337 e. The van der Waals surface area contributed by atoms with Crippen molar-refractivity contribution in [3.05, 3.63) is 29.6 Å². The van der Waals surface area contributed by atoms with Gasteiger partial charge in [0.2, 0.25) is 0 Å². The SMILES string of the molecule is COC(=O)c1ccc(NCc2nnn(C)n2)c(OC)c1. The summed E-state index contributed by atoms with van der Waals surface area (Å²) in [5.74, 6) is 0.689. The Labute approximate surface area is 115 Å². The molecule has 0 spiro atoms. The predicted molar refractivity (Wildman–Crippen MR) is 70.5 cm³/mol. The number of anilines is 1. The minimum Gasteiger partial charge on any atom is -0.495 e. The molecule has 0 unspecified atom stereocenters. The molecule has 0 aliphatic heterocycles. The minimum absolute atomic E-state index is 0.405. The van der Waals surface area contributed by atoms with Crippen LogP contribution >= 0.6 is 0 Å². The van der Waals surface area contributed by atoms with Crippen LogP contribution in [0, 0.1) is 0 Å². The summed E-state index contributed by atoms with van der Waals surface area (Å²) in [6.07, 6.45) is 0. The van der Waals surface area contributed by atoms with Crippen LogP contribution in [0.4, 0.5) is 5.69 Å². The molecule has 0 amide bonds. The number of hydrogen-bond donors (Lipinski definition) is 1. The van der Waals surface area contributed by atoms with E-state index in [1.54, 1.807) is 25.2 Å². The lowest BCUT2D eigenvalue weighted by atomic mass is 10.2. The Hall–Kier alpha value is -2.64. The molecule has 2 aromatic rings. The van der Waals surface area contributed by atoms with Crippen molar-refractivity contribution < 1.29 is 14.3 Å². The number of hydrogen-bond acceptors (Lipinski definition) is 7. The molecule has 0 radical (unpaired) electrons. The van der Waals surface area contributed by atoms with Crippen molar-refractivity contribution in [2.75, 3.05) is 19.5 Å². The van der Waals surface area contributed by atoms with Crippen molar-refractivity contribution in [3.63, 3.8) is 0 Å². The van der Waals surface area contributed by atoms with E-state index in [2.05, 4.69) is 25.5 Å². The number of benzene rings is 1. The molecule has 1 heterocycles. The Bertz CT molecular complexity index is 611.